The first-order valence-electron chi connectivity index (χ1n) is 9.12. The average Bonchev–Trinajstić information content (AvgIpc) is 2.96. The molecule has 2 aromatic rings. The Labute approximate surface area is 157 Å². The van der Waals surface area contributed by atoms with Gasteiger partial charge < -0.3 is 10.2 Å². The number of hydrogen-bond donors (Lipinski definition) is 1. The van der Waals surface area contributed by atoms with E-state index in [1.165, 1.54) is 10.5 Å². The van der Waals surface area contributed by atoms with E-state index in [1.807, 2.05) is 48.5 Å². The number of hydrogen-bond acceptors (Lipinski definition) is 3. The first kappa shape index (κ1) is 17.3. The van der Waals surface area contributed by atoms with Crippen molar-refractivity contribution in [3.8, 4) is 0 Å². The second-order valence-electron chi connectivity index (χ2n) is 6.95. The maximum absolute atomic E-state index is 12.7. The van der Waals surface area contributed by atoms with E-state index in [4.69, 9.17) is 0 Å². The molecule has 0 radical (unpaired) electrons. The lowest BCUT2D eigenvalue weighted by Crippen LogP contribution is -2.41. The maximum atomic E-state index is 12.7. The summed E-state index contributed by atoms with van der Waals surface area (Å²) < 4.78 is 0. The highest BCUT2D eigenvalue weighted by atomic mass is 16.2. The van der Waals surface area contributed by atoms with Crippen LogP contribution >= 0.6 is 0 Å². The monoisotopic (exact) mass is 363 g/mol. The third kappa shape index (κ3) is 3.56. The number of carbonyl (C=O) groups excluding carboxylic acids is 3. The van der Waals surface area contributed by atoms with Crippen LogP contribution in [-0.2, 0) is 29.1 Å². The summed E-state index contributed by atoms with van der Waals surface area (Å²) in [5.41, 5.74) is 3.28. The lowest BCUT2D eigenvalue weighted by Gasteiger charge is -2.29. The fourth-order valence-corrected chi connectivity index (χ4v) is 3.64. The minimum absolute atomic E-state index is 0.00195. The van der Waals surface area contributed by atoms with Crippen molar-refractivity contribution in [3.63, 3.8) is 0 Å². The van der Waals surface area contributed by atoms with Gasteiger partial charge in [-0.15, -0.1) is 0 Å². The number of benzene rings is 2. The Morgan fingerprint density at radius 2 is 1.70 bits per heavy atom. The number of carbonyl (C=O) groups is 3. The number of imide groups is 1. The SMILES string of the molecule is O=C(C[C@@H]1NC(=O)N(Cc2ccccc2)C1=O)N1CCc2ccccc2C1. The van der Waals surface area contributed by atoms with Gasteiger partial charge in [-0.2, -0.15) is 0 Å². The number of nitrogens with one attached hydrogen (secondary N) is 1. The Kier molecular flexibility index (Phi) is 4.62. The van der Waals surface area contributed by atoms with Gasteiger partial charge in [0.25, 0.3) is 5.91 Å². The van der Waals surface area contributed by atoms with Crippen LogP contribution in [0.2, 0.25) is 0 Å². The zero-order valence-electron chi connectivity index (χ0n) is 14.9. The summed E-state index contributed by atoms with van der Waals surface area (Å²) in [4.78, 5) is 40.4. The molecular weight excluding hydrogens is 342 g/mol. The summed E-state index contributed by atoms with van der Waals surface area (Å²) in [6.07, 6.45) is 0.811. The van der Waals surface area contributed by atoms with Crippen molar-refractivity contribution in [2.75, 3.05) is 6.54 Å². The Balaban J connectivity index is 1.39. The molecule has 0 aromatic heterocycles. The molecule has 6 nitrogen and oxygen atoms in total. The van der Waals surface area contributed by atoms with Gasteiger partial charge in [0.15, 0.2) is 0 Å². The summed E-state index contributed by atoms with van der Waals surface area (Å²) in [6, 6.07) is 16.2. The minimum Gasteiger partial charge on any atom is -0.338 e. The zero-order valence-corrected chi connectivity index (χ0v) is 14.9. The van der Waals surface area contributed by atoms with E-state index in [0.29, 0.717) is 13.1 Å². The molecule has 1 N–H and O–H groups in total. The van der Waals surface area contributed by atoms with Crippen LogP contribution in [0.1, 0.15) is 23.1 Å². The molecule has 1 saturated heterocycles. The molecule has 1 atom stereocenters. The number of nitrogens with zero attached hydrogens (tertiary/aromatic N) is 2. The van der Waals surface area contributed by atoms with E-state index in [9.17, 15) is 14.4 Å². The van der Waals surface area contributed by atoms with Gasteiger partial charge in [-0.25, -0.2) is 4.79 Å². The highest BCUT2D eigenvalue weighted by Gasteiger charge is 2.39. The first-order chi connectivity index (χ1) is 13.1. The Morgan fingerprint density at radius 1 is 1.00 bits per heavy atom. The lowest BCUT2D eigenvalue weighted by atomic mass is 9.99. The summed E-state index contributed by atoms with van der Waals surface area (Å²) in [5, 5.41) is 2.65. The molecule has 6 heteroatoms. The van der Waals surface area contributed by atoms with Crippen LogP contribution in [0.25, 0.3) is 0 Å². The predicted molar refractivity (Wildman–Crippen MR) is 99.5 cm³/mol. The molecule has 2 aliphatic rings. The molecule has 2 heterocycles. The van der Waals surface area contributed by atoms with E-state index >= 15 is 0 Å². The van der Waals surface area contributed by atoms with Crippen LogP contribution in [0.5, 0.6) is 0 Å². The molecule has 4 rings (SSSR count). The van der Waals surface area contributed by atoms with Crippen molar-refractivity contribution < 1.29 is 14.4 Å². The zero-order chi connectivity index (χ0) is 18.8. The third-order valence-electron chi connectivity index (χ3n) is 5.15. The number of urea groups is 1. The molecule has 0 aliphatic carbocycles. The number of rotatable bonds is 4. The number of fused-ring (bicyclic) bond motifs is 1. The topological polar surface area (TPSA) is 69.7 Å². The molecule has 0 saturated carbocycles. The normalized spacial score (nSPS) is 19.0. The molecule has 0 spiro atoms. The third-order valence-corrected chi connectivity index (χ3v) is 5.15. The van der Waals surface area contributed by atoms with Gasteiger partial charge in [-0.1, -0.05) is 54.6 Å². The summed E-state index contributed by atoms with van der Waals surface area (Å²) in [5.74, 6) is -0.445. The first-order valence-corrected chi connectivity index (χ1v) is 9.12. The largest absolute Gasteiger partial charge is 0.338 e. The second kappa shape index (κ2) is 7.23. The van der Waals surface area contributed by atoms with Crippen molar-refractivity contribution >= 4 is 17.8 Å². The highest BCUT2D eigenvalue weighted by Crippen LogP contribution is 2.21. The van der Waals surface area contributed by atoms with Crippen molar-refractivity contribution in [3.05, 3.63) is 71.3 Å². The smallest absolute Gasteiger partial charge is 0.325 e. The maximum Gasteiger partial charge on any atom is 0.325 e. The van der Waals surface area contributed by atoms with E-state index in [1.54, 1.807) is 4.90 Å². The van der Waals surface area contributed by atoms with Crippen LogP contribution in [-0.4, -0.2) is 40.2 Å². The quantitative estimate of drug-likeness (QED) is 0.846. The molecule has 0 unspecified atom stereocenters. The van der Waals surface area contributed by atoms with E-state index in [-0.39, 0.29) is 24.8 Å². The van der Waals surface area contributed by atoms with Gasteiger partial charge in [0.1, 0.15) is 6.04 Å². The van der Waals surface area contributed by atoms with Gasteiger partial charge in [0, 0.05) is 13.1 Å². The number of amides is 4. The average molecular weight is 363 g/mol. The second-order valence-corrected chi connectivity index (χ2v) is 6.95. The summed E-state index contributed by atoms with van der Waals surface area (Å²) in [7, 11) is 0. The molecule has 4 amide bonds. The van der Waals surface area contributed by atoms with Crippen molar-refractivity contribution in [1.82, 2.24) is 15.1 Å². The van der Waals surface area contributed by atoms with Crippen molar-refractivity contribution in [2.24, 2.45) is 0 Å². The molecule has 1 fully saturated rings. The Morgan fingerprint density at radius 3 is 2.48 bits per heavy atom. The van der Waals surface area contributed by atoms with Gasteiger partial charge in [-0.05, 0) is 23.1 Å². The van der Waals surface area contributed by atoms with Crippen molar-refractivity contribution in [2.45, 2.75) is 32.0 Å². The van der Waals surface area contributed by atoms with Gasteiger partial charge in [0.05, 0.1) is 13.0 Å². The van der Waals surface area contributed by atoms with Crippen LogP contribution in [0, 0.1) is 0 Å². The fourth-order valence-electron chi connectivity index (χ4n) is 3.64. The predicted octanol–water partition coefficient (Wildman–Crippen LogP) is 2.08. The van der Waals surface area contributed by atoms with E-state index < -0.39 is 12.1 Å². The van der Waals surface area contributed by atoms with E-state index in [0.717, 1.165) is 17.5 Å². The lowest BCUT2D eigenvalue weighted by molar-refractivity contribution is -0.136. The van der Waals surface area contributed by atoms with Gasteiger partial charge >= 0.3 is 6.03 Å². The van der Waals surface area contributed by atoms with Crippen LogP contribution < -0.4 is 5.32 Å². The Bertz CT molecular complexity index is 881. The van der Waals surface area contributed by atoms with Crippen LogP contribution in [0.4, 0.5) is 4.79 Å². The molecular formula is C21H21N3O3. The van der Waals surface area contributed by atoms with Crippen LogP contribution in [0.3, 0.4) is 0 Å². The minimum atomic E-state index is -0.786. The molecule has 2 aliphatic heterocycles. The fraction of sp³-hybridized carbons (Fsp3) is 0.286. The molecule has 0 bridgehead atoms. The molecule has 2 aromatic carbocycles. The summed E-state index contributed by atoms with van der Waals surface area (Å²) >= 11 is 0. The molecule has 27 heavy (non-hydrogen) atoms. The molecule has 138 valence electrons. The van der Waals surface area contributed by atoms with Gasteiger partial charge in [0.2, 0.25) is 5.91 Å². The van der Waals surface area contributed by atoms with Gasteiger partial charge in [-0.3, -0.25) is 14.5 Å². The summed E-state index contributed by atoms with van der Waals surface area (Å²) in [6.45, 7) is 1.41. The highest BCUT2D eigenvalue weighted by molar-refractivity contribution is 6.05. The van der Waals surface area contributed by atoms with Crippen LogP contribution in [0.15, 0.2) is 54.6 Å². The standard InChI is InChI=1S/C21H21N3O3/c25-19(23-11-10-16-8-4-5-9-17(16)14-23)12-18-20(26)24(21(27)22-18)13-15-6-2-1-3-7-15/h1-9,18H,10-14H2,(H,22,27)/t18-/m0/s1. The van der Waals surface area contributed by atoms with E-state index in [2.05, 4.69) is 11.4 Å². The van der Waals surface area contributed by atoms with Crippen molar-refractivity contribution in [1.29, 1.82) is 0 Å². The Hall–Kier alpha value is -3.15.